The standard InChI is InChI=1S/C13H22N2O3/c1-4-6-14-8-13(18)15(9-12(14)17)7-11(16)10(3)5-2/h10H,4-9H2,1-3H3. The van der Waals surface area contributed by atoms with Gasteiger partial charge < -0.3 is 9.80 Å². The summed E-state index contributed by atoms with van der Waals surface area (Å²) in [5.74, 6) is -0.211. The Kier molecular flexibility index (Phi) is 5.31. The minimum absolute atomic E-state index is 0.0302. The van der Waals surface area contributed by atoms with Gasteiger partial charge in [-0.25, -0.2) is 0 Å². The summed E-state index contributed by atoms with van der Waals surface area (Å²) in [6.45, 7) is 6.59. The molecule has 2 amide bonds. The number of carbonyl (C=O) groups is 3. The van der Waals surface area contributed by atoms with Crippen molar-refractivity contribution in [2.75, 3.05) is 26.2 Å². The minimum Gasteiger partial charge on any atom is -0.332 e. The normalized spacial score (nSPS) is 18.2. The maximum absolute atomic E-state index is 11.9. The number of ketones is 1. The first-order valence-electron chi connectivity index (χ1n) is 6.57. The van der Waals surface area contributed by atoms with Crippen LogP contribution in [-0.4, -0.2) is 53.6 Å². The second-order valence-electron chi connectivity index (χ2n) is 4.84. The number of Topliss-reactive ketones (excluding diaryl/α,β-unsaturated/α-hetero) is 1. The number of nitrogens with zero attached hydrogens (tertiary/aromatic N) is 2. The molecule has 1 atom stereocenters. The molecule has 0 aromatic heterocycles. The Labute approximate surface area is 108 Å². The van der Waals surface area contributed by atoms with Crippen molar-refractivity contribution in [1.29, 1.82) is 0 Å². The van der Waals surface area contributed by atoms with Gasteiger partial charge in [0.1, 0.15) is 6.54 Å². The lowest BCUT2D eigenvalue weighted by atomic mass is 10.0. The van der Waals surface area contributed by atoms with E-state index in [1.165, 1.54) is 4.90 Å². The lowest BCUT2D eigenvalue weighted by Crippen LogP contribution is -2.55. The third kappa shape index (κ3) is 3.55. The minimum atomic E-state index is -0.125. The van der Waals surface area contributed by atoms with Crippen LogP contribution in [0.15, 0.2) is 0 Å². The van der Waals surface area contributed by atoms with E-state index in [0.29, 0.717) is 6.54 Å². The summed E-state index contributed by atoms with van der Waals surface area (Å²) in [5.41, 5.74) is 0. The van der Waals surface area contributed by atoms with Crippen molar-refractivity contribution in [2.45, 2.75) is 33.6 Å². The fraction of sp³-hybridized carbons (Fsp3) is 0.769. The van der Waals surface area contributed by atoms with Crippen molar-refractivity contribution in [3.8, 4) is 0 Å². The molecule has 1 fully saturated rings. The summed E-state index contributed by atoms with van der Waals surface area (Å²) in [6.07, 6.45) is 1.60. The zero-order chi connectivity index (χ0) is 13.7. The molecule has 0 aliphatic carbocycles. The van der Waals surface area contributed by atoms with Crippen LogP contribution in [-0.2, 0) is 14.4 Å². The average molecular weight is 254 g/mol. The molecule has 102 valence electrons. The average Bonchev–Trinajstić information content (AvgIpc) is 2.34. The zero-order valence-corrected chi connectivity index (χ0v) is 11.4. The van der Waals surface area contributed by atoms with E-state index in [0.717, 1.165) is 12.8 Å². The van der Waals surface area contributed by atoms with Gasteiger partial charge in [-0.2, -0.15) is 0 Å². The Hall–Kier alpha value is -1.39. The summed E-state index contributed by atoms with van der Waals surface area (Å²) in [5, 5.41) is 0. The third-order valence-corrected chi connectivity index (χ3v) is 3.36. The third-order valence-electron chi connectivity index (χ3n) is 3.36. The highest BCUT2D eigenvalue weighted by molar-refractivity contribution is 5.95. The summed E-state index contributed by atoms with van der Waals surface area (Å²) in [4.78, 5) is 38.4. The van der Waals surface area contributed by atoms with Gasteiger partial charge in [0.2, 0.25) is 11.8 Å². The lowest BCUT2D eigenvalue weighted by Gasteiger charge is -2.33. The fourth-order valence-corrected chi connectivity index (χ4v) is 1.89. The highest BCUT2D eigenvalue weighted by Crippen LogP contribution is 2.09. The van der Waals surface area contributed by atoms with Gasteiger partial charge in [0, 0.05) is 12.5 Å². The maximum Gasteiger partial charge on any atom is 0.243 e. The second kappa shape index (κ2) is 6.52. The molecule has 0 spiro atoms. The van der Waals surface area contributed by atoms with Gasteiger partial charge in [0.15, 0.2) is 5.78 Å². The molecule has 18 heavy (non-hydrogen) atoms. The van der Waals surface area contributed by atoms with Gasteiger partial charge in [-0.3, -0.25) is 14.4 Å². The first-order chi connectivity index (χ1) is 8.49. The molecule has 0 radical (unpaired) electrons. The molecule has 1 rings (SSSR count). The van der Waals surface area contributed by atoms with E-state index in [-0.39, 0.29) is 43.1 Å². The van der Waals surface area contributed by atoms with Gasteiger partial charge in [0.05, 0.1) is 13.1 Å². The van der Waals surface area contributed by atoms with Crippen molar-refractivity contribution in [3.05, 3.63) is 0 Å². The predicted octanol–water partition coefficient (Wildman–Crippen LogP) is 0.682. The predicted molar refractivity (Wildman–Crippen MR) is 67.9 cm³/mol. The summed E-state index contributed by atoms with van der Waals surface area (Å²) < 4.78 is 0. The Morgan fingerprint density at radius 1 is 1.17 bits per heavy atom. The monoisotopic (exact) mass is 254 g/mol. The van der Waals surface area contributed by atoms with Gasteiger partial charge >= 0.3 is 0 Å². The van der Waals surface area contributed by atoms with E-state index in [4.69, 9.17) is 0 Å². The largest absolute Gasteiger partial charge is 0.332 e. The maximum atomic E-state index is 11.9. The molecular formula is C13H22N2O3. The molecule has 0 aromatic rings. The molecule has 1 heterocycles. The van der Waals surface area contributed by atoms with Crippen LogP contribution in [0.25, 0.3) is 0 Å². The van der Waals surface area contributed by atoms with E-state index in [2.05, 4.69) is 0 Å². The Morgan fingerprint density at radius 2 is 1.72 bits per heavy atom. The van der Waals surface area contributed by atoms with Crippen LogP contribution in [0.1, 0.15) is 33.6 Å². The molecule has 1 unspecified atom stereocenters. The SMILES string of the molecule is CCCN1CC(=O)N(CC(=O)C(C)CC)CC1=O. The van der Waals surface area contributed by atoms with E-state index < -0.39 is 0 Å². The molecule has 5 heteroatoms. The van der Waals surface area contributed by atoms with E-state index in [1.54, 1.807) is 4.90 Å². The first-order valence-corrected chi connectivity index (χ1v) is 6.57. The van der Waals surface area contributed by atoms with Crippen LogP contribution in [0.2, 0.25) is 0 Å². The summed E-state index contributed by atoms with van der Waals surface area (Å²) in [6, 6.07) is 0. The van der Waals surface area contributed by atoms with Gasteiger partial charge in [-0.1, -0.05) is 20.8 Å². The molecule has 5 nitrogen and oxygen atoms in total. The van der Waals surface area contributed by atoms with Crippen molar-refractivity contribution < 1.29 is 14.4 Å². The van der Waals surface area contributed by atoms with Crippen molar-refractivity contribution in [2.24, 2.45) is 5.92 Å². The Balaban J connectivity index is 2.57. The molecule has 0 bridgehead atoms. The molecule has 1 aliphatic rings. The van der Waals surface area contributed by atoms with E-state index in [9.17, 15) is 14.4 Å². The number of rotatable bonds is 6. The lowest BCUT2D eigenvalue weighted by molar-refractivity contribution is -0.151. The van der Waals surface area contributed by atoms with Gasteiger partial charge in [-0.15, -0.1) is 0 Å². The fourth-order valence-electron chi connectivity index (χ4n) is 1.89. The van der Waals surface area contributed by atoms with Crippen LogP contribution >= 0.6 is 0 Å². The topological polar surface area (TPSA) is 57.7 Å². The Morgan fingerprint density at radius 3 is 2.28 bits per heavy atom. The number of hydrogen-bond acceptors (Lipinski definition) is 3. The number of hydrogen-bond donors (Lipinski definition) is 0. The quantitative estimate of drug-likeness (QED) is 0.700. The molecule has 1 aliphatic heterocycles. The number of piperazine rings is 1. The van der Waals surface area contributed by atoms with Crippen molar-refractivity contribution in [3.63, 3.8) is 0 Å². The van der Waals surface area contributed by atoms with Crippen molar-refractivity contribution >= 4 is 17.6 Å². The molecule has 0 N–H and O–H groups in total. The van der Waals surface area contributed by atoms with E-state index in [1.807, 2.05) is 20.8 Å². The molecule has 0 saturated carbocycles. The van der Waals surface area contributed by atoms with Gasteiger partial charge in [-0.05, 0) is 12.8 Å². The second-order valence-corrected chi connectivity index (χ2v) is 4.84. The van der Waals surface area contributed by atoms with Crippen LogP contribution in [0.5, 0.6) is 0 Å². The van der Waals surface area contributed by atoms with Crippen LogP contribution in [0, 0.1) is 5.92 Å². The number of carbonyl (C=O) groups excluding carboxylic acids is 3. The summed E-state index contributed by atoms with van der Waals surface area (Å²) >= 11 is 0. The Bertz CT molecular complexity index is 341. The highest BCUT2D eigenvalue weighted by Gasteiger charge is 2.30. The van der Waals surface area contributed by atoms with Crippen LogP contribution < -0.4 is 0 Å². The van der Waals surface area contributed by atoms with E-state index >= 15 is 0 Å². The molecular weight excluding hydrogens is 232 g/mol. The highest BCUT2D eigenvalue weighted by atomic mass is 16.2. The van der Waals surface area contributed by atoms with Crippen molar-refractivity contribution in [1.82, 2.24) is 9.80 Å². The van der Waals surface area contributed by atoms with Crippen LogP contribution in [0.4, 0.5) is 0 Å². The molecule has 0 aromatic carbocycles. The van der Waals surface area contributed by atoms with Crippen LogP contribution in [0.3, 0.4) is 0 Å². The zero-order valence-electron chi connectivity index (χ0n) is 11.4. The smallest absolute Gasteiger partial charge is 0.243 e. The number of amides is 2. The van der Waals surface area contributed by atoms with Gasteiger partial charge in [0.25, 0.3) is 0 Å². The summed E-state index contributed by atoms with van der Waals surface area (Å²) in [7, 11) is 0. The first kappa shape index (κ1) is 14.7. The molecule has 1 saturated heterocycles.